The first-order valence-corrected chi connectivity index (χ1v) is 8.96. The molecule has 0 aliphatic heterocycles. The van der Waals surface area contributed by atoms with E-state index < -0.39 is 0 Å². The Morgan fingerprint density at radius 3 is 2.41 bits per heavy atom. The summed E-state index contributed by atoms with van der Waals surface area (Å²) in [5, 5.41) is 2.82. The van der Waals surface area contributed by atoms with Crippen LogP contribution in [-0.4, -0.2) is 13.8 Å². The van der Waals surface area contributed by atoms with Crippen LogP contribution in [0.15, 0.2) is 77.6 Å². The average Bonchev–Trinajstić information content (AvgIpc) is 3.09. The third kappa shape index (κ3) is 1.82. The Morgan fingerprint density at radius 2 is 1.52 bits per heavy atom. The molecule has 0 bridgehead atoms. The van der Waals surface area contributed by atoms with Crippen molar-refractivity contribution in [1.29, 1.82) is 0 Å². The van der Waals surface area contributed by atoms with Gasteiger partial charge in [0.25, 0.3) is 5.56 Å². The molecular formula is C23H15N3O. The summed E-state index contributed by atoms with van der Waals surface area (Å²) < 4.78 is 3.84. The molecule has 4 heteroatoms. The molecule has 3 aromatic carbocycles. The Hall–Kier alpha value is -3.66. The third-order valence-electron chi connectivity index (χ3n) is 5.34. The number of aryl methyl sites for hydroxylation is 1. The number of aromatic nitrogens is 3. The Kier molecular flexibility index (Phi) is 2.66. The first-order valence-electron chi connectivity index (χ1n) is 8.96. The Morgan fingerprint density at radius 1 is 0.741 bits per heavy atom. The highest BCUT2D eigenvalue weighted by Gasteiger charge is 2.15. The summed E-state index contributed by atoms with van der Waals surface area (Å²) in [6, 6.07) is 24.3. The fourth-order valence-corrected chi connectivity index (χ4v) is 4.11. The van der Waals surface area contributed by atoms with Crippen LogP contribution >= 0.6 is 0 Å². The van der Waals surface area contributed by atoms with Crippen molar-refractivity contribution < 1.29 is 0 Å². The fraction of sp³-hybridized carbons (Fsp3) is 0.0435. The van der Waals surface area contributed by atoms with Gasteiger partial charge >= 0.3 is 0 Å². The zero-order chi connectivity index (χ0) is 18.1. The maximum atomic E-state index is 13.5. The van der Waals surface area contributed by atoms with Crippen molar-refractivity contribution in [1.82, 2.24) is 13.8 Å². The van der Waals surface area contributed by atoms with E-state index in [2.05, 4.69) is 28.7 Å². The molecule has 0 atom stereocenters. The number of fused-ring (bicyclic) bond motifs is 9. The number of nitrogens with zero attached hydrogens (tertiary/aromatic N) is 3. The molecule has 27 heavy (non-hydrogen) atoms. The van der Waals surface area contributed by atoms with Crippen LogP contribution in [-0.2, 0) is 0 Å². The first-order chi connectivity index (χ1) is 13.2. The van der Waals surface area contributed by atoms with Gasteiger partial charge in [-0.1, -0.05) is 48.0 Å². The van der Waals surface area contributed by atoms with Crippen LogP contribution in [0.5, 0.6) is 0 Å². The van der Waals surface area contributed by atoms with Gasteiger partial charge < -0.3 is 0 Å². The molecule has 0 aliphatic rings. The normalized spacial score (nSPS) is 12.0. The van der Waals surface area contributed by atoms with Crippen molar-refractivity contribution in [3.63, 3.8) is 0 Å². The van der Waals surface area contributed by atoms with E-state index >= 15 is 0 Å². The molecule has 0 saturated heterocycles. The predicted octanol–water partition coefficient (Wildman–Crippen LogP) is 4.72. The SMILES string of the molecule is Cc1ccc2nc3n(c(=O)c2c1)c1ccccc1c1cc2ccccc2n13. The van der Waals surface area contributed by atoms with Gasteiger partial charge in [-0.3, -0.25) is 9.20 Å². The maximum Gasteiger partial charge on any atom is 0.267 e. The van der Waals surface area contributed by atoms with Crippen LogP contribution in [0, 0.1) is 6.92 Å². The lowest BCUT2D eigenvalue weighted by molar-refractivity contribution is 1.05. The molecule has 0 aliphatic carbocycles. The van der Waals surface area contributed by atoms with E-state index in [9.17, 15) is 4.79 Å². The van der Waals surface area contributed by atoms with Crippen molar-refractivity contribution >= 4 is 44.0 Å². The zero-order valence-electron chi connectivity index (χ0n) is 14.7. The van der Waals surface area contributed by atoms with Crippen molar-refractivity contribution in [2.75, 3.05) is 0 Å². The van der Waals surface area contributed by atoms with Crippen LogP contribution in [0.2, 0.25) is 0 Å². The summed E-state index contributed by atoms with van der Waals surface area (Å²) in [4.78, 5) is 18.4. The van der Waals surface area contributed by atoms with E-state index in [0.29, 0.717) is 11.2 Å². The molecule has 0 unspecified atom stereocenters. The van der Waals surface area contributed by atoms with Gasteiger partial charge in [-0.15, -0.1) is 0 Å². The molecule has 6 aromatic rings. The number of hydrogen-bond donors (Lipinski definition) is 0. The van der Waals surface area contributed by atoms with Gasteiger partial charge in [0, 0.05) is 10.8 Å². The standard InChI is InChI=1S/C23H15N3O/c1-14-10-11-18-17(12-14)22(27)26-20-9-5-3-7-16(20)21-13-15-6-2-4-8-19(15)25(21)23(26)24-18/h2-13H,1H3. The maximum absolute atomic E-state index is 13.5. The summed E-state index contributed by atoms with van der Waals surface area (Å²) in [5.74, 6) is 0.645. The molecule has 6 rings (SSSR count). The van der Waals surface area contributed by atoms with E-state index in [1.54, 1.807) is 4.40 Å². The van der Waals surface area contributed by atoms with Gasteiger partial charge in [0.15, 0.2) is 0 Å². The van der Waals surface area contributed by atoms with E-state index in [1.165, 1.54) is 0 Å². The summed E-state index contributed by atoms with van der Waals surface area (Å²) in [7, 11) is 0. The number of rotatable bonds is 0. The van der Waals surface area contributed by atoms with Crippen LogP contribution in [0.4, 0.5) is 0 Å². The minimum absolute atomic E-state index is 0.0328. The highest BCUT2D eigenvalue weighted by atomic mass is 16.1. The lowest BCUT2D eigenvalue weighted by Gasteiger charge is -2.12. The van der Waals surface area contributed by atoms with Gasteiger partial charge in [0.05, 0.1) is 27.5 Å². The number of hydrogen-bond acceptors (Lipinski definition) is 2. The third-order valence-corrected chi connectivity index (χ3v) is 5.34. The van der Waals surface area contributed by atoms with Crippen LogP contribution in [0.3, 0.4) is 0 Å². The fourth-order valence-electron chi connectivity index (χ4n) is 4.11. The van der Waals surface area contributed by atoms with Crippen molar-refractivity contribution in [3.05, 3.63) is 88.7 Å². The van der Waals surface area contributed by atoms with Crippen LogP contribution in [0.1, 0.15) is 5.56 Å². The van der Waals surface area contributed by atoms with Gasteiger partial charge in [-0.2, -0.15) is 0 Å². The molecule has 0 fully saturated rings. The molecule has 0 N–H and O–H groups in total. The molecule has 0 saturated carbocycles. The smallest absolute Gasteiger partial charge is 0.267 e. The zero-order valence-corrected chi connectivity index (χ0v) is 14.7. The van der Waals surface area contributed by atoms with E-state index in [-0.39, 0.29) is 5.56 Å². The van der Waals surface area contributed by atoms with Crippen molar-refractivity contribution in [3.8, 4) is 0 Å². The van der Waals surface area contributed by atoms with Gasteiger partial charge in [-0.25, -0.2) is 9.38 Å². The van der Waals surface area contributed by atoms with E-state index in [0.717, 1.165) is 38.4 Å². The molecule has 0 spiro atoms. The average molecular weight is 349 g/mol. The van der Waals surface area contributed by atoms with Gasteiger partial charge in [0.2, 0.25) is 5.78 Å². The van der Waals surface area contributed by atoms with Crippen LogP contribution in [0.25, 0.3) is 44.0 Å². The van der Waals surface area contributed by atoms with Crippen molar-refractivity contribution in [2.45, 2.75) is 6.92 Å². The summed E-state index contributed by atoms with van der Waals surface area (Å²) in [6.07, 6.45) is 0. The Bertz CT molecular complexity index is 1610. The minimum Gasteiger partial charge on any atom is -0.279 e. The summed E-state index contributed by atoms with van der Waals surface area (Å²) in [5.41, 5.74) is 4.73. The molecule has 128 valence electrons. The quantitative estimate of drug-likeness (QED) is 0.294. The molecule has 4 nitrogen and oxygen atoms in total. The van der Waals surface area contributed by atoms with E-state index in [4.69, 9.17) is 4.98 Å². The largest absolute Gasteiger partial charge is 0.279 e. The number of para-hydroxylation sites is 2. The monoisotopic (exact) mass is 349 g/mol. The predicted molar refractivity (Wildman–Crippen MR) is 110 cm³/mol. The molecule has 0 radical (unpaired) electrons. The lowest BCUT2D eigenvalue weighted by Crippen LogP contribution is -2.18. The Labute approximate surface area is 153 Å². The molecular weight excluding hydrogens is 334 g/mol. The second-order valence-corrected chi connectivity index (χ2v) is 7.01. The van der Waals surface area contributed by atoms with Crippen LogP contribution < -0.4 is 5.56 Å². The topological polar surface area (TPSA) is 38.8 Å². The lowest BCUT2D eigenvalue weighted by atomic mass is 10.1. The second-order valence-electron chi connectivity index (χ2n) is 7.01. The summed E-state index contributed by atoms with van der Waals surface area (Å²) in [6.45, 7) is 1.99. The van der Waals surface area contributed by atoms with Crippen molar-refractivity contribution in [2.24, 2.45) is 0 Å². The molecule has 3 heterocycles. The molecule has 0 amide bonds. The minimum atomic E-state index is -0.0328. The summed E-state index contributed by atoms with van der Waals surface area (Å²) >= 11 is 0. The van der Waals surface area contributed by atoms with Gasteiger partial charge in [0.1, 0.15) is 0 Å². The number of benzene rings is 3. The first kappa shape index (κ1) is 14.5. The van der Waals surface area contributed by atoms with Gasteiger partial charge in [-0.05, 0) is 37.3 Å². The highest BCUT2D eigenvalue weighted by molar-refractivity contribution is 6.03. The molecule has 3 aromatic heterocycles. The Balaban J connectivity index is 2.05. The van der Waals surface area contributed by atoms with E-state index in [1.807, 2.05) is 55.5 Å². The highest BCUT2D eigenvalue weighted by Crippen LogP contribution is 2.29. The second kappa shape index (κ2) is 4.95.